The van der Waals surface area contributed by atoms with Crippen molar-refractivity contribution in [2.45, 2.75) is 19.3 Å². The first-order chi connectivity index (χ1) is 23.6. The summed E-state index contributed by atoms with van der Waals surface area (Å²) >= 11 is 0. The maximum Gasteiger partial charge on any atom is 0.136 e. The molecule has 44 heavy (non-hydrogen) atoms. The van der Waals surface area contributed by atoms with Gasteiger partial charge in [-0.1, -0.05) is 129 Å². The fourth-order valence-electron chi connectivity index (χ4n) is 7.88. The summed E-state index contributed by atoms with van der Waals surface area (Å²) in [5.74, 6) is 0. The van der Waals surface area contributed by atoms with Gasteiger partial charge >= 0.3 is 0 Å². The number of rotatable bonds is 2. The molecule has 1 aliphatic rings. The molecule has 0 saturated heterocycles. The maximum atomic E-state index is 8.71. The van der Waals surface area contributed by atoms with Crippen molar-refractivity contribution in [3.8, 4) is 33.4 Å². The van der Waals surface area contributed by atoms with Crippen LogP contribution in [0.4, 0.5) is 0 Å². The Morgan fingerprint density at radius 2 is 1.18 bits per heavy atom. The van der Waals surface area contributed by atoms with Gasteiger partial charge in [-0.05, 0) is 95.0 Å². The Balaban J connectivity index is 1.26. The molecule has 8 aromatic carbocycles. The van der Waals surface area contributed by atoms with E-state index in [0.717, 1.165) is 65.4 Å². The number of benzene rings is 8. The highest BCUT2D eigenvalue weighted by atomic mass is 16.3. The first-order valence-corrected chi connectivity index (χ1v) is 15.0. The third-order valence-corrected chi connectivity index (χ3v) is 9.92. The van der Waals surface area contributed by atoms with Gasteiger partial charge in [-0.2, -0.15) is 0 Å². The van der Waals surface area contributed by atoms with Crippen molar-refractivity contribution >= 4 is 54.3 Å². The molecule has 1 aliphatic carbocycles. The topological polar surface area (TPSA) is 13.1 Å². The highest BCUT2D eigenvalue weighted by molar-refractivity contribution is 6.28. The van der Waals surface area contributed by atoms with Gasteiger partial charge in [-0.25, -0.2) is 0 Å². The van der Waals surface area contributed by atoms with E-state index >= 15 is 0 Å². The lowest BCUT2D eigenvalue weighted by molar-refractivity contribution is 0.647. The second kappa shape index (κ2) is 8.36. The number of furan rings is 1. The van der Waals surface area contributed by atoms with Crippen LogP contribution < -0.4 is 0 Å². The van der Waals surface area contributed by atoms with Crippen LogP contribution in [-0.4, -0.2) is 0 Å². The van der Waals surface area contributed by atoms with Crippen LogP contribution in [0.3, 0.4) is 0 Å². The largest absolute Gasteiger partial charge is 0.456 e. The van der Waals surface area contributed by atoms with E-state index in [-0.39, 0.29) is 41.2 Å². The molecule has 1 heterocycles. The highest BCUT2D eigenvalue weighted by Crippen LogP contribution is 2.52. The molecule has 1 aromatic heterocycles. The molecule has 0 N–H and O–H groups in total. The van der Waals surface area contributed by atoms with Crippen LogP contribution in [0.15, 0.2) is 138 Å². The summed E-state index contributed by atoms with van der Waals surface area (Å²) in [5.41, 5.74) is 9.75. The molecule has 0 aliphatic heterocycles. The maximum absolute atomic E-state index is 8.71. The molecule has 0 amide bonds. The number of hydrogen-bond donors (Lipinski definition) is 0. The lowest BCUT2D eigenvalue weighted by Crippen LogP contribution is -2.14. The molecule has 0 unspecified atom stereocenters. The van der Waals surface area contributed by atoms with E-state index in [1.54, 1.807) is 0 Å². The molecular formula is C43H28O. The predicted octanol–water partition coefficient (Wildman–Crippen LogP) is 12.1. The molecule has 10 rings (SSSR count). The molecule has 0 fully saturated rings. The van der Waals surface area contributed by atoms with E-state index in [1.165, 1.54) is 22.3 Å². The molecule has 206 valence electrons. The van der Waals surface area contributed by atoms with Crippen LogP contribution >= 0.6 is 0 Å². The second-order valence-corrected chi connectivity index (χ2v) is 12.5. The summed E-state index contributed by atoms with van der Waals surface area (Å²) in [7, 11) is 0. The number of hydrogen-bond acceptors (Lipinski definition) is 1. The van der Waals surface area contributed by atoms with E-state index in [2.05, 4.69) is 92.7 Å². The molecule has 0 bridgehead atoms. The van der Waals surface area contributed by atoms with Gasteiger partial charge in [-0.3, -0.25) is 0 Å². The van der Waals surface area contributed by atoms with E-state index in [9.17, 15) is 0 Å². The zero-order valence-corrected chi connectivity index (χ0v) is 24.2. The summed E-state index contributed by atoms with van der Waals surface area (Å²) in [4.78, 5) is 0. The quantitative estimate of drug-likeness (QED) is 0.190. The summed E-state index contributed by atoms with van der Waals surface area (Å²) in [6.45, 7) is 4.57. The molecule has 9 aromatic rings. The van der Waals surface area contributed by atoms with E-state index in [4.69, 9.17) is 11.3 Å². The van der Waals surface area contributed by atoms with Crippen LogP contribution in [0.5, 0.6) is 0 Å². The Labute approximate surface area is 262 Å². The predicted molar refractivity (Wildman–Crippen MR) is 186 cm³/mol. The Morgan fingerprint density at radius 1 is 0.500 bits per heavy atom. The summed E-state index contributed by atoms with van der Waals surface area (Å²) < 4.78 is 48.8. The Bertz CT molecular complexity index is 2890. The van der Waals surface area contributed by atoms with Gasteiger partial charge in [0, 0.05) is 16.2 Å². The highest BCUT2D eigenvalue weighted by Gasteiger charge is 2.36. The van der Waals surface area contributed by atoms with Crippen molar-refractivity contribution in [1.82, 2.24) is 0 Å². The van der Waals surface area contributed by atoms with Crippen molar-refractivity contribution in [1.29, 1.82) is 0 Å². The Kier molecular flexibility index (Phi) is 3.75. The minimum Gasteiger partial charge on any atom is -0.456 e. The normalized spacial score (nSPS) is 15.5. The van der Waals surface area contributed by atoms with Crippen molar-refractivity contribution in [2.24, 2.45) is 0 Å². The van der Waals surface area contributed by atoms with E-state index in [0.29, 0.717) is 5.56 Å². The first-order valence-electron chi connectivity index (χ1n) is 17.5. The van der Waals surface area contributed by atoms with Gasteiger partial charge in [-0.15, -0.1) is 0 Å². The van der Waals surface area contributed by atoms with Gasteiger partial charge in [0.05, 0.1) is 6.85 Å². The zero-order chi connectivity index (χ0) is 33.5. The molecule has 1 heteroatoms. The third kappa shape index (κ3) is 3.04. The van der Waals surface area contributed by atoms with Crippen molar-refractivity contribution in [3.05, 3.63) is 144 Å². The Morgan fingerprint density at radius 3 is 1.98 bits per heavy atom. The monoisotopic (exact) mass is 565 g/mol. The van der Waals surface area contributed by atoms with Crippen molar-refractivity contribution < 1.29 is 11.3 Å². The van der Waals surface area contributed by atoms with Gasteiger partial charge in [0.1, 0.15) is 11.2 Å². The lowest BCUT2D eigenvalue weighted by Gasteiger charge is -2.21. The van der Waals surface area contributed by atoms with Crippen LogP contribution in [0.2, 0.25) is 0 Å². The van der Waals surface area contributed by atoms with Gasteiger partial charge in [0.15, 0.2) is 0 Å². The van der Waals surface area contributed by atoms with Gasteiger partial charge in [0.25, 0.3) is 0 Å². The molecule has 1 nitrogen and oxygen atoms in total. The first kappa shape index (κ1) is 19.7. The van der Waals surface area contributed by atoms with Gasteiger partial charge in [0.2, 0.25) is 0 Å². The van der Waals surface area contributed by atoms with Gasteiger partial charge < -0.3 is 4.42 Å². The summed E-state index contributed by atoms with van der Waals surface area (Å²) in [6, 6.07) is 34.7. The molecule has 0 saturated carbocycles. The Hall–Kier alpha value is -5.40. The summed E-state index contributed by atoms with van der Waals surface area (Å²) in [6.07, 6.45) is 0. The van der Waals surface area contributed by atoms with E-state index < -0.39 is 0 Å². The van der Waals surface area contributed by atoms with E-state index in [1.807, 2.05) is 24.3 Å². The lowest BCUT2D eigenvalue weighted by atomic mass is 9.82. The van der Waals surface area contributed by atoms with Crippen molar-refractivity contribution in [3.63, 3.8) is 0 Å². The molecule has 0 radical (unpaired) electrons. The third-order valence-electron chi connectivity index (χ3n) is 9.92. The zero-order valence-electron chi connectivity index (χ0n) is 29.2. The smallest absolute Gasteiger partial charge is 0.136 e. The minimum absolute atomic E-state index is 0.123. The van der Waals surface area contributed by atoms with Crippen LogP contribution in [0, 0.1) is 0 Å². The average Bonchev–Trinajstić information content (AvgIpc) is 3.60. The van der Waals surface area contributed by atoms with Crippen molar-refractivity contribution in [2.75, 3.05) is 0 Å². The fourth-order valence-corrected chi connectivity index (χ4v) is 7.88. The standard InChI is InChI=1S/C43H28O/c1-43(2)36-13-7-6-11-30(36)34-23-35-39(24-37(34)43)44-38-14-8-12-31(42(35)38)29-20-16-27-17-21-32-28(25-9-4-3-5-10-25)19-15-26-18-22-33(29)41(27)40(26)32/h3-24H,1-2H3/i3D,4D,5D,9D,10D. The van der Waals surface area contributed by atoms with Crippen LogP contribution in [0.25, 0.3) is 87.6 Å². The molecular weight excluding hydrogens is 532 g/mol. The molecule has 0 atom stereocenters. The van der Waals surface area contributed by atoms with Crippen LogP contribution in [-0.2, 0) is 5.41 Å². The fraction of sp³-hybridized carbons (Fsp3) is 0.0698. The molecule has 0 spiro atoms. The number of fused-ring (bicyclic) bond motifs is 6. The SMILES string of the molecule is [2H]c1c([2H])c([2H])c(-c2ccc3ccc4c(-c5cccc6oc7cc8c(cc7c56)-c5ccccc5C8(C)C)ccc5ccc2c3c54)c([2H])c1[2H]. The average molecular weight is 566 g/mol. The second-order valence-electron chi connectivity index (χ2n) is 12.5. The minimum atomic E-state index is -0.389. The van der Waals surface area contributed by atoms with Crippen LogP contribution in [0.1, 0.15) is 31.8 Å². The summed E-state index contributed by atoms with van der Waals surface area (Å²) in [5, 5.41) is 8.33.